The van der Waals surface area contributed by atoms with Crippen LogP contribution in [0.4, 0.5) is 0 Å². The number of hydrogen-bond donors (Lipinski definition) is 1. The number of β-amino-alcohol motifs (C(OH)–C–C–N with tert-alkyl or cyclic N) is 1. The van der Waals surface area contributed by atoms with Gasteiger partial charge in [-0.1, -0.05) is 24.3 Å². The molecule has 1 aliphatic heterocycles. The SMILES string of the molecule is C#CCC(C)(C)OCC(O)CN1CCc2ccccc2C1. The molecule has 0 aromatic heterocycles. The number of aliphatic hydroxyl groups excluding tert-OH is 1. The van der Waals surface area contributed by atoms with Gasteiger partial charge in [0.1, 0.15) is 0 Å². The third-order valence-corrected chi connectivity index (χ3v) is 3.87. The number of fused-ring (bicyclic) bond motifs is 1. The van der Waals surface area contributed by atoms with E-state index in [1.165, 1.54) is 11.1 Å². The van der Waals surface area contributed by atoms with Crippen LogP contribution in [0.25, 0.3) is 0 Å². The minimum Gasteiger partial charge on any atom is -0.389 e. The van der Waals surface area contributed by atoms with Crippen LogP contribution in [0.5, 0.6) is 0 Å². The second-order valence-electron chi connectivity index (χ2n) is 6.36. The average Bonchev–Trinajstić information content (AvgIpc) is 2.45. The molecule has 0 saturated carbocycles. The fourth-order valence-electron chi connectivity index (χ4n) is 2.68. The van der Waals surface area contributed by atoms with E-state index in [2.05, 4.69) is 35.1 Å². The Morgan fingerprint density at radius 2 is 2.10 bits per heavy atom. The van der Waals surface area contributed by atoms with Gasteiger partial charge >= 0.3 is 0 Å². The smallest absolute Gasteiger partial charge is 0.0900 e. The lowest BCUT2D eigenvalue weighted by Crippen LogP contribution is -2.39. The summed E-state index contributed by atoms with van der Waals surface area (Å²) in [5.41, 5.74) is 2.42. The van der Waals surface area contributed by atoms with Crippen LogP contribution in [-0.4, -0.2) is 41.4 Å². The van der Waals surface area contributed by atoms with Crippen molar-refractivity contribution >= 4 is 0 Å². The van der Waals surface area contributed by atoms with Crippen molar-refractivity contribution < 1.29 is 9.84 Å². The maximum atomic E-state index is 10.2. The first kappa shape index (κ1) is 16.0. The van der Waals surface area contributed by atoms with Crippen LogP contribution in [0.1, 0.15) is 31.4 Å². The summed E-state index contributed by atoms with van der Waals surface area (Å²) in [4.78, 5) is 2.28. The first-order chi connectivity index (χ1) is 10.00. The highest BCUT2D eigenvalue weighted by Crippen LogP contribution is 2.19. The molecule has 0 aliphatic carbocycles. The van der Waals surface area contributed by atoms with Gasteiger partial charge in [0, 0.05) is 26.1 Å². The predicted octanol–water partition coefficient (Wildman–Crippen LogP) is 2.22. The summed E-state index contributed by atoms with van der Waals surface area (Å²) in [5.74, 6) is 2.61. The zero-order chi connectivity index (χ0) is 15.3. The molecule has 0 amide bonds. The van der Waals surface area contributed by atoms with Crippen molar-refractivity contribution in [3.63, 3.8) is 0 Å². The van der Waals surface area contributed by atoms with Crippen molar-refractivity contribution in [3.05, 3.63) is 35.4 Å². The van der Waals surface area contributed by atoms with E-state index in [0.717, 1.165) is 19.5 Å². The molecule has 1 aromatic rings. The maximum Gasteiger partial charge on any atom is 0.0900 e. The molecule has 1 unspecified atom stereocenters. The zero-order valence-electron chi connectivity index (χ0n) is 13.0. The molecular weight excluding hydrogens is 262 g/mol. The van der Waals surface area contributed by atoms with Gasteiger partial charge in [-0.2, -0.15) is 0 Å². The van der Waals surface area contributed by atoms with Crippen LogP contribution in [0.2, 0.25) is 0 Å². The van der Waals surface area contributed by atoms with Crippen molar-refractivity contribution in [2.45, 2.75) is 44.9 Å². The second-order valence-corrected chi connectivity index (χ2v) is 6.36. The lowest BCUT2D eigenvalue weighted by Gasteiger charge is -2.31. The quantitative estimate of drug-likeness (QED) is 0.814. The molecule has 21 heavy (non-hydrogen) atoms. The molecule has 0 bridgehead atoms. The molecule has 3 heteroatoms. The number of hydrogen-bond acceptors (Lipinski definition) is 3. The van der Waals surface area contributed by atoms with Gasteiger partial charge in [0.05, 0.1) is 18.3 Å². The Hall–Kier alpha value is -1.34. The summed E-state index contributed by atoms with van der Waals surface area (Å²) in [6, 6.07) is 8.52. The highest BCUT2D eigenvalue weighted by Gasteiger charge is 2.22. The summed E-state index contributed by atoms with van der Waals surface area (Å²) < 4.78 is 5.72. The molecule has 1 aliphatic rings. The third kappa shape index (κ3) is 4.86. The number of terminal acetylenes is 1. The number of aliphatic hydroxyl groups is 1. The zero-order valence-corrected chi connectivity index (χ0v) is 13.0. The average molecular weight is 287 g/mol. The Bertz CT molecular complexity index is 504. The highest BCUT2D eigenvalue weighted by atomic mass is 16.5. The molecule has 0 spiro atoms. The summed E-state index contributed by atoms with van der Waals surface area (Å²) in [7, 11) is 0. The monoisotopic (exact) mass is 287 g/mol. The van der Waals surface area contributed by atoms with Gasteiger partial charge in [0.15, 0.2) is 0 Å². The van der Waals surface area contributed by atoms with Crippen molar-refractivity contribution in [2.75, 3.05) is 19.7 Å². The Balaban J connectivity index is 1.79. The molecular formula is C18H25NO2. The molecule has 1 heterocycles. The number of benzene rings is 1. The molecule has 0 fully saturated rings. The van der Waals surface area contributed by atoms with Crippen LogP contribution in [0.3, 0.4) is 0 Å². The molecule has 1 atom stereocenters. The predicted molar refractivity (Wildman–Crippen MR) is 84.9 cm³/mol. The fourth-order valence-corrected chi connectivity index (χ4v) is 2.68. The highest BCUT2D eigenvalue weighted by molar-refractivity contribution is 5.29. The van der Waals surface area contributed by atoms with Crippen LogP contribution < -0.4 is 0 Å². The normalized spacial score (nSPS) is 17.0. The Morgan fingerprint density at radius 3 is 2.81 bits per heavy atom. The lowest BCUT2D eigenvalue weighted by molar-refractivity contribution is -0.0637. The molecule has 0 saturated heterocycles. The molecule has 1 aromatic carbocycles. The van der Waals surface area contributed by atoms with E-state index in [1.54, 1.807) is 0 Å². The van der Waals surface area contributed by atoms with Crippen LogP contribution >= 0.6 is 0 Å². The summed E-state index contributed by atoms with van der Waals surface area (Å²) >= 11 is 0. The van der Waals surface area contributed by atoms with Crippen molar-refractivity contribution in [3.8, 4) is 12.3 Å². The van der Waals surface area contributed by atoms with E-state index in [4.69, 9.17) is 11.2 Å². The Morgan fingerprint density at radius 1 is 1.38 bits per heavy atom. The van der Waals surface area contributed by atoms with E-state index in [-0.39, 0.29) is 5.60 Å². The number of rotatable bonds is 6. The van der Waals surface area contributed by atoms with Crippen molar-refractivity contribution in [1.82, 2.24) is 4.90 Å². The van der Waals surface area contributed by atoms with Crippen LogP contribution in [-0.2, 0) is 17.7 Å². The summed E-state index contributed by atoms with van der Waals surface area (Å²) in [6.45, 7) is 6.77. The first-order valence-corrected chi connectivity index (χ1v) is 7.55. The van der Waals surface area contributed by atoms with E-state index in [0.29, 0.717) is 19.6 Å². The van der Waals surface area contributed by atoms with Crippen molar-refractivity contribution in [2.24, 2.45) is 0 Å². The molecule has 0 radical (unpaired) electrons. The Kier molecular flexibility index (Phi) is 5.41. The molecule has 1 N–H and O–H groups in total. The topological polar surface area (TPSA) is 32.7 Å². The van der Waals surface area contributed by atoms with Crippen LogP contribution in [0.15, 0.2) is 24.3 Å². The van der Waals surface area contributed by atoms with Gasteiger partial charge in [-0.05, 0) is 31.4 Å². The molecule has 2 rings (SSSR count). The van der Waals surface area contributed by atoms with Crippen molar-refractivity contribution in [1.29, 1.82) is 0 Å². The summed E-state index contributed by atoms with van der Waals surface area (Å²) in [6.07, 6.45) is 6.44. The number of ether oxygens (including phenoxy) is 1. The van der Waals surface area contributed by atoms with E-state index >= 15 is 0 Å². The minimum atomic E-state index is -0.479. The van der Waals surface area contributed by atoms with Gasteiger partial charge < -0.3 is 9.84 Å². The standard InChI is InChI=1S/C18H25NO2/c1-4-10-18(2,3)21-14-17(20)13-19-11-9-15-7-5-6-8-16(15)12-19/h1,5-8,17,20H,9-14H2,2-3H3. The maximum absolute atomic E-state index is 10.2. The summed E-state index contributed by atoms with van der Waals surface area (Å²) in [5, 5.41) is 10.2. The Labute approximate surface area is 127 Å². The van der Waals surface area contributed by atoms with Crippen LogP contribution in [0, 0.1) is 12.3 Å². The first-order valence-electron chi connectivity index (χ1n) is 7.55. The molecule has 114 valence electrons. The van der Waals surface area contributed by atoms with E-state index in [1.807, 2.05) is 13.8 Å². The fraction of sp³-hybridized carbons (Fsp3) is 0.556. The van der Waals surface area contributed by atoms with E-state index < -0.39 is 6.10 Å². The van der Waals surface area contributed by atoms with E-state index in [9.17, 15) is 5.11 Å². The van der Waals surface area contributed by atoms with Gasteiger partial charge in [0.25, 0.3) is 0 Å². The second kappa shape index (κ2) is 7.09. The lowest BCUT2D eigenvalue weighted by atomic mass is 10.00. The van der Waals surface area contributed by atoms with Gasteiger partial charge in [0.2, 0.25) is 0 Å². The van der Waals surface area contributed by atoms with Gasteiger partial charge in [-0.25, -0.2) is 0 Å². The van der Waals surface area contributed by atoms with Gasteiger partial charge in [-0.15, -0.1) is 12.3 Å². The number of nitrogens with zero attached hydrogens (tertiary/aromatic N) is 1. The third-order valence-electron chi connectivity index (χ3n) is 3.87. The molecule has 3 nitrogen and oxygen atoms in total. The van der Waals surface area contributed by atoms with Gasteiger partial charge in [-0.3, -0.25) is 4.90 Å². The minimum absolute atomic E-state index is 0.326. The largest absolute Gasteiger partial charge is 0.389 e.